The number of carbonyl (C=O) groups excluding carboxylic acids is 1. The molecule has 0 bridgehead atoms. The van der Waals surface area contributed by atoms with Crippen LogP contribution in [0.15, 0.2) is 12.2 Å². The van der Waals surface area contributed by atoms with Gasteiger partial charge in [0.25, 0.3) is 0 Å². The summed E-state index contributed by atoms with van der Waals surface area (Å²) in [7, 11) is 0. The molecule has 2 atom stereocenters. The molecule has 0 aromatic heterocycles. The molecule has 0 aromatic rings. The fourth-order valence-corrected chi connectivity index (χ4v) is 2.41. The highest BCUT2D eigenvalue weighted by molar-refractivity contribution is 5.77. The van der Waals surface area contributed by atoms with Crippen molar-refractivity contribution < 1.29 is 19.4 Å². The minimum absolute atomic E-state index is 0.204. The average Bonchev–Trinajstić information content (AvgIpc) is 2.77. The second-order valence-electron chi connectivity index (χ2n) is 5.44. The van der Waals surface area contributed by atoms with Gasteiger partial charge in [0.05, 0.1) is 12.0 Å². The van der Waals surface area contributed by atoms with Crippen LogP contribution < -0.4 is 10.6 Å². The molecule has 19 heavy (non-hydrogen) atoms. The van der Waals surface area contributed by atoms with E-state index < -0.39 is 11.9 Å². The van der Waals surface area contributed by atoms with Crippen LogP contribution in [0.25, 0.3) is 0 Å². The summed E-state index contributed by atoms with van der Waals surface area (Å²) in [6.45, 7) is 3.31. The van der Waals surface area contributed by atoms with E-state index in [1.54, 1.807) is 12.2 Å². The second-order valence-corrected chi connectivity index (χ2v) is 5.44. The van der Waals surface area contributed by atoms with Gasteiger partial charge in [-0.25, -0.2) is 4.79 Å². The minimum atomic E-state index is -0.850. The Morgan fingerprint density at radius 2 is 2.00 bits per heavy atom. The first-order chi connectivity index (χ1) is 8.98. The molecule has 1 heterocycles. The van der Waals surface area contributed by atoms with E-state index in [0.717, 1.165) is 12.8 Å². The van der Waals surface area contributed by atoms with Gasteiger partial charge in [0, 0.05) is 18.8 Å². The fourth-order valence-electron chi connectivity index (χ4n) is 2.41. The van der Waals surface area contributed by atoms with Crippen LogP contribution >= 0.6 is 0 Å². The van der Waals surface area contributed by atoms with Crippen LogP contribution in [0.3, 0.4) is 0 Å². The zero-order valence-corrected chi connectivity index (χ0v) is 11.0. The van der Waals surface area contributed by atoms with Crippen LogP contribution in [-0.4, -0.2) is 41.9 Å². The molecule has 2 aliphatic rings. The SMILES string of the molecule is CC1(NC(=O)NC2C=CC(C(=O)O)C2)CCOCC1. The summed E-state index contributed by atoms with van der Waals surface area (Å²) in [6, 6.07) is -0.449. The number of carboxylic acid groups (broad SMARTS) is 1. The van der Waals surface area contributed by atoms with E-state index in [1.165, 1.54) is 0 Å². The van der Waals surface area contributed by atoms with Crippen molar-refractivity contribution in [3.8, 4) is 0 Å². The maximum Gasteiger partial charge on any atom is 0.315 e. The monoisotopic (exact) mass is 268 g/mol. The lowest BCUT2D eigenvalue weighted by Crippen LogP contribution is -2.54. The van der Waals surface area contributed by atoms with Crippen LogP contribution in [0, 0.1) is 5.92 Å². The number of hydrogen-bond donors (Lipinski definition) is 3. The number of rotatable bonds is 3. The van der Waals surface area contributed by atoms with Crippen molar-refractivity contribution in [2.75, 3.05) is 13.2 Å². The molecule has 2 amide bonds. The standard InChI is InChI=1S/C13H20N2O4/c1-13(4-6-19-7-5-13)15-12(18)14-10-3-2-9(8-10)11(16)17/h2-3,9-10H,4-8H2,1H3,(H,16,17)(H2,14,15,18). The molecular weight excluding hydrogens is 248 g/mol. The summed E-state index contributed by atoms with van der Waals surface area (Å²) in [4.78, 5) is 22.7. The molecule has 1 fully saturated rings. The highest BCUT2D eigenvalue weighted by atomic mass is 16.5. The quantitative estimate of drug-likeness (QED) is 0.663. The number of aliphatic carboxylic acids is 1. The second kappa shape index (κ2) is 5.61. The number of carbonyl (C=O) groups is 2. The van der Waals surface area contributed by atoms with Crippen molar-refractivity contribution in [3.63, 3.8) is 0 Å². The van der Waals surface area contributed by atoms with Crippen molar-refractivity contribution in [1.82, 2.24) is 10.6 Å². The Kier molecular flexibility index (Phi) is 4.09. The first kappa shape index (κ1) is 13.9. The van der Waals surface area contributed by atoms with E-state index in [4.69, 9.17) is 9.84 Å². The van der Waals surface area contributed by atoms with Gasteiger partial charge in [-0.15, -0.1) is 0 Å². The van der Waals surface area contributed by atoms with Crippen molar-refractivity contribution >= 4 is 12.0 Å². The number of amides is 2. The molecule has 1 aliphatic heterocycles. The highest BCUT2D eigenvalue weighted by Gasteiger charge is 2.30. The molecule has 0 saturated carbocycles. The first-order valence-electron chi connectivity index (χ1n) is 6.56. The van der Waals surface area contributed by atoms with Gasteiger partial charge in [0.15, 0.2) is 0 Å². The molecule has 2 rings (SSSR count). The van der Waals surface area contributed by atoms with Crippen molar-refractivity contribution in [3.05, 3.63) is 12.2 Å². The number of carboxylic acids is 1. The summed E-state index contributed by atoms with van der Waals surface area (Å²) >= 11 is 0. The third kappa shape index (κ3) is 3.70. The maximum atomic E-state index is 11.9. The zero-order valence-electron chi connectivity index (χ0n) is 11.0. The first-order valence-corrected chi connectivity index (χ1v) is 6.56. The number of nitrogens with one attached hydrogen (secondary N) is 2. The van der Waals surface area contributed by atoms with Gasteiger partial charge < -0.3 is 20.5 Å². The predicted molar refractivity (Wildman–Crippen MR) is 68.8 cm³/mol. The van der Waals surface area contributed by atoms with Crippen molar-refractivity contribution in [2.24, 2.45) is 5.92 Å². The molecule has 6 heteroatoms. The average molecular weight is 268 g/mol. The number of ether oxygens (including phenoxy) is 1. The minimum Gasteiger partial charge on any atom is -0.481 e. The third-order valence-electron chi connectivity index (χ3n) is 3.73. The Morgan fingerprint density at radius 1 is 1.32 bits per heavy atom. The topological polar surface area (TPSA) is 87.7 Å². The zero-order chi connectivity index (χ0) is 13.9. The summed E-state index contributed by atoms with van der Waals surface area (Å²) in [5, 5.41) is 14.6. The normalized spacial score (nSPS) is 28.9. The molecule has 0 aromatic carbocycles. The summed E-state index contributed by atoms with van der Waals surface area (Å²) in [5.41, 5.74) is -0.239. The van der Waals surface area contributed by atoms with E-state index in [0.29, 0.717) is 19.6 Å². The van der Waals surface area contributed by atoms with Gasteiger partial charge in [-0.1, -0.05) is 12.2 Å². The van der Waals surface area contributed by atoms with Crippen LogP contribution in [0.2, 0.25) is 0 Å². The van der Waals surface area contributed by atoms with Crippen LogP contribution in [0.5, 0.6) is 0 Å². The van der Waals surface area contributed by atoms with Crippen LogP contribution in [-0.2, 0) is 9.53 Å². The van der Waals surface area contributed by atoms with Gasteiger partial charge in [-0.2, -0.15) is 0 Å². The lowest BCUT2D eigenvalue weighted by Gasteiger charge is -2.34. The fraction of sp³-hybridized carbons (Fsp3) is 0.692. The molecule has 2 unspecified atom stereocenters. The smallest absolute Gasteiger partial charge is 0.315 e. The molecular formula is C13H20N2O4. The van der Waals surface area contributed by atoms with Gasteiger partial charge in [-0.05, 0) is 26.2 Å². The van der Waals surface area contributed by atoms with Gasteiger partial charge >= 0.3 is 12.0 Å². The Bertz CT molecular complexity index is 388. The number of urea groups is 1. The third-order valence-corrected chi connectivity index (χ3v) is 3.73. The van der Waals surface area contributed by atoms with Gasteiger partial charge in [0.2, 0.25) is 0 Å². The largest absolute Gasteiger partial charge is 0.481 e. The molecule has 6 nitrogen and oxygen atoms in total. The molecule has 1 saturated heterocycles. The lowest BCUT2D eigenvalue weighted by atomic mass is 9.93. The summed E-state index contributed by atoms with van der Waals surface area (Å²) < 4.78 is 5.27. The lowest BCUT2D eigenvalue weighted by molar-refractivity contribution is -0.140. The van der Waals surface area contributed by atoms with E-state index >= 15 is 0 Å². The van der Waals surface area contributed by atoms with E-state index in [1.807, 2.05) is 6.92 Å². The number of hydrogen-bond acceptors (Lipinski definition) is 3. The highest BCUT2D eigenvalue weighted by Crippen LogP contribution is 2.20. The van der Waals surface area contributed by atoms with Crippen molar-refractivity contribution in [1.29, 1.82) is 0 Å². The predicted octanol–water partition coefficient (Wildman–Crippen LogP) is 0.884. The Balaban J connectivity index is 1.79. The molecule has 0 radical (unpaired) electrons. The van der Waals surface area contributed by atoms with E-state index in [-0.39, 0.29) is 17.6 Å². The Labute approximate surface area is 112 Å². The summed E-state index contributed by atoms with van der Waals surface area (Å²) in [5.74, 6) is -1.35. The van der Waals surface area contributed by atoms with Crippen LogP contribution in [0.1, 0.15) is 26.2 Å². The van der Waals surface area contributed by atoms with Crippen molar-refractivity contribution in [2.45, 2.75) is 37.8 Å². The van der Waals surface area contributed by atoms with Crippen LogP contribution in [0.4, 0.5) is 4.79 Å². The summed E-state index contributed by atoms with van der Waals surface area (Å²) in [6.07, 6.45) is 5.37. The molecule has 3 N–H and O–H groups in total. The molecule has 106 valence electrons. The molecule has 0 spiro atoms. The van der Waals surface area contributed by atoms with Gasteiger partial charge in [0.1, 0.15) is 0 Å². The molecule has 1 aliphatic carbocycles. The Hall–Kier alpha value is -1.56. The maximum absolute atomic E-state index is 11.9. The van der Waals surface area contributed by atoms with Gasteiger partial charge in [-0.3, -0.25) is 4.79 Å². The van der Waals surface area contributed by atoms with E-state index in [9.17, 15) is 9.59 Å². The van der Waals surface area contributed by atoms with E-state index in [2.05, 4.69) is 10.6 Å². The Morgan fingerprint density at radius 3 is 2.58 bits per heavy atom.